The summed E-state index contributed by atoms with van der Waals surface area (Å²) in [7, 11) is -3.19. The summed E-state index contributed by atoms with van der Waals surface area (Å²) in [5.74, 6) is 0.133. The van der Waals surface area contributed by atoms with E-state index < -0.39 is 9.84 Å². The Kier molecular flexibility index (Phi) is 3.44. The largest absolute Gasteiger partial charge is 0.506 e. The molecule has 3 nitrogen and oxygen atoms in total. The molecule has 0 aliphatic rings. The molecule has 1 N–H and O–H groups in total. The van der Waals surface area contributed by atoms with Crippen LogP contribution >= 0.6 is 45.2 Å². The number of phenols is 1. The Labute approximate surface area is 104 Å². The highest BCUT2D eigenvalue weighted by atomic mass is 127. The smallest absolute Gasteiger partial charge is 0.175 e. The van der Waals surface area contributed by atoms with Gasteiger partial charge in [-0.15, -0.1) is 0 Å². The number of rotatable bonds is 1. The molecule has 1 rings (SSSR count). The van der Waals surface area contributed by atoms with Gasteiger partial charge in [0.15, 0.2) is 9.84 Å². The van der Waals surface area contributed by atoms with Crippen molar-refractivity contribution in [3.63, 3.8) is 0 Å². The van der Waals surface area contributed by atoms with Gasteiger partial charge in [-0.3, -0.25) is 0 Å². The molecular weight excluding hydrogens is 418 g/mol. The van der Waals surface area contributed by atoms with Crippen LogP contribution in [-0.2, 0) is 9.84 Å². The topological polar surface area (TPSA) is 54.4 Å². The number of hydrogen-bond acceptors (Lipinski definition) is 3. The van der Waals surface area contributed by atoms with Gasteiger partial charge in [0.25, 0.3) is 0 Å². The van der Waals surface area contributed by atoms with Crippen LogP contribution in [0.1, 0.15) is 0 Å². The third kappa shape index (κ3) is 2.69. The van der Waals surface area contributed by atoms with Crippen LogP contribution in [0, 0.1) is 7.14 Å². The van der Waals surface area contributed by atoms with Crippen molar-refractivity contribution >= 4 is 55.0 Å². The lowest BCUT2D eigenvalue weighted by Crippen LogP contribution is -1.98. The molecule has 0 spiro atoms. The van der Waals surface area contributed by atoms with Crippen LogP contribution in [0.15, 0.2) is 17.0 Å². The van der Waals surface area contributed by atoms with Gasteiger partial charge in [-0.05, 0) is 57.3 Å². The SMILES string of the molecule is CS(=O)(=O)c1cc(I)c(O)c(I)c1. The minimum atomic E-state index is -3.19. The maximum absolute atomic E-state index is 11.2. The van der Waals surface area contributed by atoms with E-state index in [9.17, 15) is 13.5 Å². The zero-order chi connectivity index (χ0) is 10.2. The van der Waals surface area contributed by atoms with Gasteiger partial charge in [0.1, 0.15) is 5.75 Å². The quantitative estimate of drug-likeness (QED) is 0.703. The van der Waals surface area contributed by atoms with Crippen LogP contribution in [-0.4, -0.2) is 19.8 Å². The molecule has 1 aromatic carbocycles. The Morgan fingerprint density at radius 2 is 1.62 bits per heavy atom. The molecular formula is C7H6I2O3S. The standard InChI is InChI=1S/C7H6I2O3S/c1-13(11,12)4-2-5(8)7(10)6(9)3-4/h2-3,10H,1H3. The lowest BCUT2D eigenvalue weighted by molar-refractivity contribution is 0.467. The summed E-state index contributed by atoms with van der Waals surface area (Å²) in [4.78, 5) is 0.235. The van der Waals surface area contributed by atoms with Gasteiger partial charge in [0.2, 0.25) is 0 Å². The molecule has 0 aromatic heterocycles. The van der Waals surface area contributed by atoms with Crippen LogP contribution in [0.3, 0.4) is 0 Å². The predicted octanol–water partition coefficient (Wildman–Crippen LogP) is 2.00. The molecule has 6 heteroatoms. The van der Waals surface area contributed by atoms with Gasteiger partial charge >= 0.3 is 0 Å². The third-order valence-electron chi connectivity index (χ3n) is 1.42. The van der Waals surface area contributed by atoms with Crippen molar-refractivity contribution in [1.29, 1.82) is 0 Å². The number of phenolic OH excluding ortho intramolecular Hbond substituents is 1. The monoisotopic (exact) mass is 424 g/mol. The number of sulfone groups is 1. The van der Waals surface area contributed by atoms with Crippen LogP contribution in [0.2, 0.25) is 0 Å². The molecule has 0 saturated heterocycles. The van der Waals surface area contributed by atoms with E-state index in [2.05, 4.69) is 0 Å². The number of hydrogen-bond donors (Lipinski definition) is 1. The van der Waals surface area contributed by atoms with Gasteiger partial charge in [-0.25, -0.2) is 8.42 Å². The first-order valence-electron chi connectivity index (χ1n) is 3.20. The van der Waals surface area contributed by atoms with Crippen molar-refractivity contribution < 1.29 is 13.5 Å². The minimum absolute atomic E-state index is 0.133. The average molecular weight is 424 g/mol. The second kappa shape index (κ2) is 3.89. The molecule has 1 aromatic rings. The summed E-state index contributed by atoms with van der Waals surface area (Å²) in [5.41, 5.74) is 0. The molecule has 13 heavy (non-hydrogen) atoms. The summed E-state index contributed by atoms with van der Waals surface area (Å²) in [6.45, 7) is 0. The number of halogens is 2. The van der Waals surface area contributed by atoms with Gasteiger partial charge in [-0.2, -0.15) is 0 Å². The van der Waals surface area contributed by atoms with Crippen molar-refractivity contribution in [2.75, 3.05) is 6.26 Å². The lowest BCUT2D eigenvalue weighted by Gasteiger charge is -2.03. The average Bonchev–Trinajstić information content (AvgIpc) is 1.97. The van der Waals surface area contributed by atoms with Crippen molar-refractivity contribution in [3.05, 3.63) is 19.3 Å². The van der Waals surface area contributed by atoms with Crippen molar-refractivity contribution in [2.24, 2.45) is 0 Å². The first-order chi connectivity index (χ1) is 5.82. The molecule has 0 amide bonds. The van der Waals surface area contributed by atoms with Gasteiger partial charge in [0, 0.05) is 6.26 Å². The zero-order valence-electron chi connectivity index (χ0n) is 6.58. The van der Waals surface area contributed by atoms with Gasteiger partial charge < -0.3 is 5.11 Å². The Morgan fingerprint density at radius 1 is 1.23 bits per heavy atom. The fraction of sp³-hybridized carbons (Fsp3) is 0.143. The minimum Gasteiger partial charge on any atom is -0.506 e. The van der Waals surface area contributed by atoms with Gasteiger partial charge in [0.05, 0.1) is 12.0 Å². The van der Waals surface area contributed by atoms with E-state index in [1.54, 1.807) is 0 Å². The molecule has 0 heterocycles. The zero-order valence-corrected chi connectivity index (χ0v) is 11.7. The van der Waals surface area contributed by atoms with Gasteiger partial charge in [-0.1, -0.05) is 0 Å². The van der Waals surface area contributed by atoms with E-state index >= 15 is 0 Å². The predicted molar refractivity (Wildman–Crippen MR) is 66.7 cm³/mol. The maximum Gasteiger partial charge on any atom is 0.175 e. The second-order valence-corrected chi connectivity index (χ2v) is 6.85. The van der Waals surface area contributed by atoms with Crippen molar-refractivity contribution in [1.82, 2.24) is 0 Å². The highest BCUT2D eigenvalue weighted by molar-refractivity contribution is 14.1. The van der Waals surface area contributed by atoms with Crippen LogP contribution in [0.25, 0.3) is 0 Å². The molecule has 0 bridgehead atoms. The van der Waals surface area contributed by atoms with E-state index in [1.807, 2.05) is 45.2 Å². The molecule has 0 aliphatic heterocycles. The number of benzene rings is 1. The Morgan fingerprint density at radius 3 is 1.92 bits per heavy atom. The Hall–Kier alpha value is 0.430. The highest BCUT2D eigenvalue weighted by Gasteiger charge is 2.12. The van der Waals surface area contributed by atoms with Crippen molar-refractivity contribution in [3.8, 4) is 5.75 Å². The second-order valence-electron chi connectivity index (χ2n) is 2.51. The highest BCUT2D eigenvalue weighted by Crippen LogP contribution is 2.28. The van der Waals surface area contributed by atoms with E-state index in [0.29, 0.717) is 7.14 Å². The van der Waals surface area contributed by atoms with E-state index in [4.69, 9.17) is 0 Å². The molecule has 0 atom stereocenters. The van der Waals surface area contributed by atoms with Crippen molar-refractivity contribution in [2.45, 2.75) is 4.90 Å². The van der Waals surface area contributed by atoms with Crippen LogP contribution in [0.4, 0.5) is 0 Å². The molecule has 0 aliphatic carbocycles. The Bertz CT molecular complexity index is 416. The van der Waals surface area contributed by atoms with E-state index in [-0.39, 0.29) is 10.6 Å². The van der Waals surface area contributed by atoms with E-state index in [0.717, 1.165) is 6.26 Å². The summed E-state index contributed by atoms with van der Waals surface area (Å²) in [6.07, 6.45) is 1.14. The van der Waals surface area contributed by atoms with Crippen LogP contribution < -0.4 is 0 Å². The molecule has 0 fully saturated rings. The summed E-state index contributed by atoms with van der Waals surface area (Å²) < 4.78 is 23.4. The number of aromatic hydroxyl groups is 1. The lowest BCUT2D eigenvalue weighted by atomic mass is 10.3. The molecule has 0 radical (unpaired) electrons. The maximum atomic E-state index is 11.2. The first-order valence-corrected chi connectivity index (χ1v) is 7.25. The fourth-order valence-corrected chi connectivity index (χ4v) is 3.61. The molecule has 0 saturated carbocycles. The molecule has 72 valence electrons. The third-order valence-corrected chi connectivity index (χ3v) is 4.16. The normalized spacial score (nSPS) is 11.6. The molecule has 0 unspecified atom stereocenters. The summed E-state index contributed by atoms with van der Waals surface area (Å²) in [5, 5.41) is 9.39. The van der Waals surface area contributed by atoms with E-state index in [1.165, 1.54) is 12.1 Å². The summed E-state index contributed by atoms with van der Waals surface area (Å²) in [6, 6.07) is 2.90. The Balaban J connectivity index is 3.47. The summed E-state index contributed by atoms with van der Waals surface area (Å²) >= 11 is 3.79. The fourth-order valence-electron chi connectivity index (χ4n) is 0.756. The first kappa shape index (κ1) is 11.5. The van der Waals surface area contributed by atoms with Crippen LogP contribution in [0.5, 0.6) is 5.75 Å².